The topological polar surface area (TPSA) is 34.1 Å². The summed E-state index contributed by atoms with van der Waals surface area (Å²) in [5.41, 5.74) is 0. The second-order valence-corrected chi connectivity index (χ2v) is 5.60. The highest BCUT2D eigenvalue weighted by Gasteiger charge is 2.09. The van der Waals surface area contributed by atoms with Crippen molar-refractivity contribution in [1.29, 1.82) is 0 Å². The standard InChI is InChI=1S/C13H18O2S/c1-3-12(4-2)10-11-16(14,15)13-8-6-5-7-9-13/h5-12H,3-4H2,1-2H3/b11-10+. The third kappa shape index (κ3) is 3.49. The normalized spacial score (nSPS) is 12.4. The first-order valence-electron chi connectivity index (χ1n) is 5.58. The third-order valence-corrected chi connectivity index (χ3v) is 4.10. The molecular weight excluding hydrogens is 220 g/mol. The molecule has 0 aliphatic heterocycles. The largest absolute Gasteiger partial charge is 0.219 e. The van der Waals surface area contributed by atoms with Crippen molar-refractivity contribution in [2.45, 2.75) is 31.6 Å². The first-order chi connectivity index (χ1) is 7.60. The van der Waals surface area contributed by atoms with Crippen LogP contribution in [-0.4, -0.2) is 8.42 Å². The van der Waals surface area contributed by atoms with Gasteiger partial charge in [0.05, 0.1) is 4.90 Å². The van der Waals surface area contributed by atoms with E-state index >= 15 is 0 Å². The Morgan fingerprint density at radius 2 is 1.69 bits per heavy atom. The van der Waals surface area contributed by atoms with Crippen molar-refractivity contribution in [3.63, 3.8) is 0 Å². The van der Waals surface area contributed by atoms with Gasteiger partial charge < -0.3 is 0 Å². The van der Waals surface area contributed by atoms with Gasteiger partial charge in [-0.2, -0.15) is 0 Å². The Bertz CT molecular complexity index is 428. The van der Waals surface area contributed by atoms with Crippen LogP contribution in [-0.2, 0) is 9.84 Å². The van der Waals surface area contributed by atoms with E-state index < -0.39 is 9.84 Å². The molecule has 0 fully saturated rings. The average molecular weight is 238 g/mol. The van der Waals surface area contributed by atoms with Crippen LogP contribution in [0.1, 0.15) is 26.7 Å². The Morgan fingerprint density at radius 1 is 1.12 bits per heavy atom. The molecule has 0 unspecified atom stereocenters. The Hall–Kier alpha value is -1.09. The van der Waals surface area contributed by atoms with Gasteiger partial charge in [0.15, 0.2) is 9.84 Å². The number of benzene rings is 1. The maximum atomic E-state index is 11.9. The Kier molecular flexibility index (Phi) is 4.74. The van der Waals surface area contributed by atoms with Gasteiger partial charge >= 0.3 is 0 Å². The fourth-order valence-corrected chi connectivity index (χ4v) is 2.59. The summed E-state index contributed by atoms with van der Waals surface area (Å²) in [6.07, 6.45) is 3.73. The molecule has 0 spiro atoms. The summed E-state index contributed by atoms with van der Waals surface area (Å²) in [6, 6.07) is 8.51. The van der Waals surface area contributed by atoms with Gasteiger partial charge in [-0.25, -0.2) is 8.42 Å². The highest BCUT2D eigenvalue weighted by molar-refractivity contribution is 7.94. The lowest BCUT2D eigenvalue weighted by Crippen LogP contribution is -1.98. The zero-order valence-corrected chi connectivity index (χ0v) is 10.6. The van der Waals surface area contributed by atoms with Gasteiger partial charge in [0.25, 0.3) is 0 Å². The van der Waals surface area contributed by atoms with Crippen molar-refractivity contribution in [3.05, 3.63) is 41.8 Å². The van der Waals surface area contributed by atoms with Gasteiger partial charge in [0.1, 0.15) is 0 Å². The molecule has 3 heteroatoms. The molecule has 0 aliphatic rings. The number of rotatable bonds is 5. The molecule has 0 saturated carbocycles. The molecule has 0 bridgehead atoms. The van der Waals surface area contributed by atoms with Crippen molar-refractivity contribution < 1.29 is 8.42 Å². The molecule has 1 rings (SSSR count). The lowest BCUT2D eigenvalue weighted by molar-refractivity contribution is 0.596. The van der Waals surface area contributed by atoms with Crippen LogP contribution in [0.25, 0.3) is 0 Å². The number of hydrogen-bond acceptors (Lipinski definition) is 2. The molecule has 0 heterocycles. The molecule has 0 amide bonds. The monoisotopic (exact) mass is 238 g/mol. The van der Waals surface area contributed by atoms with Crippen LogP contribution in [0.2, 0.25) is 0 Å². The lowest BCUT2D eigenvalue weighted by Gasteiger charge is -2.05. The molecule has 16 heavy (non-hydrogen) atoms. The average Bonchev–Trinajstić information content (AvgIpc) is 2.31. The van der Waals surface area contributed by atoms with Gasteiger partial charge in [-0.3, -0.25) is 0 Å². The molecule has 1 aromatic carbocycles. The molecule has 0 N–H and O–H groups in total. The van der Waals surface area contributed by atoms with Crippen LogP contribution in [0.15, 0.2) is 46.7 Å². The van der Waals surface area contributed by atoms with Crippen LogP contribution in [0.4, 0.5) is 0 Å². The van der Waals surface area contributed by atoms with E-state index in [2.05, 4.69) is 13.8 Å². The van der Waals surface area contributed by atoms with Crippen molar-refractivity contribution >= 4 is 9.84 Å². The third-order valence-electron chi connectivity index (χ3n) is 2.65. The number of allylic oxidation sites excluding steroid dienone is 1. The Morgan fingerprint density at radius 3 is 2.19 bits per heavy atom. The van der Waals surface area contributed by atoms with E-state index in [1.165, 1.54) is 5.41 Å². The van der Waals surface area contributed by atoms with Crippen LogP contribution < -0.4 is 0 Å². The van der Waals surface area contributed by atoms with Crippen molar-refractivity contribution in [3.8, 4) is 0 Å². The van der Waals surface area contributed by atoms with Crippen molar-refractivity contribution in [2.75, 3.05) is 0 Å². The number of sulfone groups is 1. The minimum absolute atomic E-state index is 0.346. The highest BCUT2D eigenvalue weighted by atomic mass is 32.2. The second kappa shape index (κ2) is 5.85. The Labute approximate surface area is 97.9 Å². The molecule has 0 radical (unpaired) electrons. The summed E-state index contributed by atoms with van der Waals surface area (Å²) in [4.78, 5) is 0.359. The summed E-state index contributed by atoms with van der Waals surface area (Å²) in [6.45, 7) is 4.13. The summed E-state index contributed by atoms with van der Waals surface area (Å²) in [5.74, 6) is 0.346. The number of hydrogen-bond donors (Lipinski definition) is 0. The minimum Gasteiger partial charge on any atom is -0.219 e. The van der Waals surface area contributed by atoms with E-state index in [0.29, 0.717) is 10.8 Å². The smallest absolute Gasteiger partial charge is 0.199 e. The molecule has 88 valence electrons. The quantitative estimate of drug-likeness (QED) is 0.787. The SMILES string of the molecule is CCC(/C=C/S(=O)(=O)c1ccccc1)CC. The summed E-state index contributed by atoms with van der Waals surface area (Å²) in [7, 11) is -3.26. The maximum absolute atomic E-state index is 11.9. The van der Waals surface area contributed by atoms with Crippen molar-refractivity contribution in [1.82, 2.24) is 0 Å². The van der Waals surface area contributed by atoms with Gasteiger partial charge in [0, 0.05) is 5.41 Å². The minimum atomic E-state index is -3.26. The van der Waals surface area contributed by atoms with E-state index in [-0.39, 0.29) is 0 Å². The predicted octanol–water partition coefficient (Wildman–Crippen LogP) is 3.41. The molecule has 0 atom stereocenters. The second-order valence-electron chi connectivity index (χ2n) is 3.76. The predicted molar refractivity (Wildman–Crippen MR) is 66.8 cm³/mol. The van der Waals surface area contributed by atoms with Gasteiger partial charge in [0.2, 0.25) is 0 Å². The summed E-state index contributed by atoms with van der Waals surface area (Å²) >= 11 is 0. The van der Waals surface area contributed by atoms with E-state index in [1.54, 1.807) is 30.3 Å². The van der Waals surface area contributed by atoms with E-state index in [0.717, 1.165) is 12.8 Å². The highest BCUT2D eigenvalue weighted by Crippen LogP contribution is 2.15. The van der Waals surface area contributed by atoms with Gasteiger partial charge in [-0.1, -0.05) is 38.1 Å². The molecular formula is C13H18O2S. The van der Waals surface area contributed by atoms with Crippen LogP contribution in [0.3, 0.4) is 0 Å². The van der Waals surface area contributed by atoms with Gasteiger partial charge in [-0.05, 0) is 30.9 Å². The Balaban J connectivity index is 2.89. The van der Waals surface area contributed by atoms with E-state index in [4.69, 9.17) is 0 Å². The zero-order chi connectivity index (χ0) is 12.0. The molecule has 0 aromatic heterocycles. The van der Waals surface area contributed by atoms with E-state index in [1.807, 2.05) is 6.07 Å². The first-order valence-corrected chi connectivity index (χ1v) is 7.13. The fraction of sp³-hybridized carbons (Fsp3) is 0.385. The zero-order valence-electron chi connectivity index (χ0n) is 9.76. The molecule has 0 saturated heterocycles. The van der Waals surface area contributed by atoms with Crippen LogP contribution in [0.5, 0.6) is 0 Å². The molecule has 1 aromatic rings. The van der Waals surface area contributed by atoms with Gasteiger partial charge in [-0.15, -0.1) is 0 Å². The summed E-state index contributed by atoms with van der Waals surface area (Å²) in [5, 5.41) is 1.33. The first kappa shape index (κ1) is 13.0. The lowest BCUT2D eigenvalue weighted by atomic mass is 10.0. The molecule has 0 aliphatic carbocycles. The van der Waals surface area contributed by atoms with Crippen molar-refractivity contribution in [2.24, 2.45) is 5.92 Å². The van der Waals surface area contributed by atoms with E-state index in [9.17, 15) is 8.42 Å². The molecule has 2 nitrogen and oxygen atoms in total. The maximum Gasteiger partial charge on any atom is 0.199 e. The van der Waals surface area contributed by atoms with Crippen LogP contribution in [0, 0.1) is 5.92 Å². The fourth-order valence-electron chi connectivity index (χ4n) is 1.46. The summed E-state index contributed by atoms with van der Waals surface area (Å²) < 4.78 is 23.8. The van der Waals surface area contributed by atoms with Crippen LogP contribution >= 0.6 is 0 Å².